The first-order valence-corrected chi connectivity index (χ1v) is 14.5. The van der Waals surface area contributed by atoms with Crippen molar-refractivity contribution in [1.29, 1.82) is 0 Å². The Bertz CT molecular complexity index is 1260. The summed E-state index contributed by atoms with van der Waals surface area (Å²) in [5, 5.41) is 0. The summed E-state index contributed by atoms with van der Waals surface area (Å²) in [6, 6.07) is 10.5. The fourth-order valence-electron chi connectivity index (χ4n) is 4.14. The highest BCUT2D eigenvalue weighted by atomic mass is 31.3. The molecule has 0 radical (unpaired) electrons. The van der Waals surface area contributed by atoms with Crippen LogP contribution in [0.4, 0.5) is 0 Å². The molecule has 15 heteroatoms. The number of aromatic nitrogens is 2. The summed E-state index contributed by atoms with van der Waals surface area (Å²) in [5.74, 6) is -0.262. The van der Waals surface area contributed by atoms with Gasteiger partial charge in [-0.2, -0.15) is 0 Å². The van der Waals surface area contributed by atoms with Crippen molar-refractivity contribution in [1.82, 2.24) is 9.55 Å². The van der Waals surface area contributed by atoms with Crippen LogP contribution in [0, 0.1) is 5.92 Å². The number of phosphoric acid groups is 1. The number of hydrogen-bond acceptors (Lipinski definition) is 9. The molecule has 2 aliphatic rings. The predicted octanol–water partition coefficient (Wildman–Crippen LogP) is 1.76. The molecule has 0 amide bonds. The van der Waals surface area contributed by atoms with Crippen molar-refractivity contribution in [2.75, 3.05) is 12.8 Å². The molecule has 0 bridgehead atoms. The number of fused-ring (bicyclic) bond motifs is 1. The number of hydrogen-bond donors (Lipinski definition) is 3. The zero-order chi connectivity index (χ0) is 26.1. The lowest BCUT2D eigenvalue weighted by molar-refractivity contribution is -0.150. The van der Waals surface area contributed by atoms with Gasteiger partial charge in [-0.05, 0) is 11.5 Å². The molecule has 2 fully saturated rings. The van der Waals surface area contributed by atoms with E-state index in [0.717, 1.165) is 16.2 Å². The fourth-order valence-corrected chi connectivity index (χ4v) is 7.14. The quantitative estimate of drug-likeness (QED) is 0.370. The van der Waals surface area contributed by atoms with Gasteiger partial charge in [0.15, 0.2) is 12.5 Å². The third kappa shape index (κ3) is 6.69. The van der Waals surface area contributed by atoms with Gasteiger partial charge >= 0.3 is 21.1 Å². The van der Waals surface area contributed by atoms with Crippen molar-refractivity contribution in [3.63, 3.8) is 0 Å². The van der Waals surface area contributed by atoms with Gasteiger partial charge in [0.05, 0.1) is 12.8 Å². The number of nitrogens with one attached hydrogen (secondary N) is 1. The number of phosphoric ester groups is 1. The standard InChI is InChI=1S/C21H28N2O11P2/c1-13(2)12-35(26,27)34-36(28,29)30-11-15-18-19(20(31-15)23-9-8-16(24)22-21(23)25)33-17(32-18)10-14-6-4-3-5-7-14/h3-9,13,15,17-20H,10-12H2,1-2H3,(H,26,27)(H,28,29)(H,22,24,25)/t15-,17?,18+,19?,20-/m1/s1. The van der Waals surface area contributed by atoms with E-state index in [-0.39, 0.29) is 12.1 Å². The Balaban J connectivity index is 1.51. The van der Waals surface area contributed by atoms with Crippen molar-refractivity contribution in [3.05, 3.63) is 69.0 Å². The summed E-state index contributed by atoms with van der Waals surface area (Å²) in [7, 11) is -9.33. The number of aromatic amines is 1. The molecule has 0 aliphatic carbocycles. The van der Waals surface area contributed by atoms with E-state index in [1.165, 1.54) is 6.20 Å². The van der Waals surface area contributed by atoms with Crippen molar-refractivity contribution in [3.8, 4) is 0 Å². The number of H-pyrrole nitrogens is 1. The molecule has 3 heterocycles. The summed E-state index contributed by atoms with van der Waals surface area (Å²) in [6.45, 7) is 2.75. The molecule has 2 aromatic rings. The summed E-state index contributed by atoms with van der Waals surface area (Å²) in [6.07, 6.45) is -3.10. The van der Waals surface area contributed by atoms with Crippen LogP contribution in [0.15, 0.2) is 52.2 Å². The molecule has 0 spiro atoms. The van der Waals surface area contributed by atoms with E-state index >= 15 is 0 Å². The van der Waals surface area contributed by atoms with E-state index in [9.17, 15) is 28.5 Å². The molecule has 7 atom stereocenters. The molecule has 36 heavy (non-hydrogen) atoms. The van der Waals surface area contributed by atoms with Crippen LogP contribution in [0.25, 0.3) is 0 Å². The number of rotatable bonds is 10. The molecular formula is C21H28N2O11P2. The summed E-state index contributed by atoms with van der Waals surface area (Å²) in [4.78, 5) is 45.9. The second-order valence-corrected chi connectivity index (χ2v) is 12.5. The fraction of sp³-hybridized carbons (Fsp3) is 0.524. The Morgan fingerprint density at radius 2 is 1.75 bits per heavy atom. The summed E-state index contributed by atoms with van der Waals surface area (Å²) >= 11 is 0. The highest BCUT2D eigenvalue weighted by Gasteiger charge is 2.54. The number of benzene rings is 1. The first-order chi connectivity index (χ1) is 16.9. The minimum Gasteiger partial charge on any atom is -0.346 e. The van der Waals surface area contributed by atoms with Crippen LogP contribution in [0.1, 0.15) is 25.6 Å². The Labute approximate surface area is 206 Å². The van der Waals surface area contributed by atoms with Crippen LogP contribution in [0.3, 0.4) is 0 Å². The van der Waals surface area contributed by atoms with Crippen molar-refractivity contribution in [2.45, 2.75) is 51.1 Å². The van der Waals surface area contributed by atoms with Gasteiger partial charge in [0.2, 0.25) is 0 Å². The lowest BCUT2D eigenvalue weighted by atomic mass is 10.1. The van der Waals surface area contributed by atoms with Crippen LogP contribution in [0.5, 0.6) is 0 Å². The first-order valence-electron chi connectivity index (χ1n) is 11.2. The molecule has 4 unspecified atom stereocenters. The van der Waals surface area contributed by atoms with Gasteiger partial charge in [0, 0.05) is 18.7 Å². The second kappa shape index (κ2) is 10.8. The molecule has 1 aromatic heterocycles. The largest absolute Gasteiger partial charge is 0.479 e. The first kappa shape index (κ1) is 27.1. The third-order valence-electron chi connectivity index (χ3n) is 5.50. The monoisotopic (exact) mass is 546 g/mol. The minimum atomic E-state index is -4.94. The zero-order valence-corrected chi connectivity index (χ0v) is 21.3. The van der Waals surface area contributed by atoms with Crippen LogP contribution in [-0.4, -0.2) is 56.7 Å². The van der Waals surface area contributed by atoms with Crippen LogP contribution >= 0.6 is 15.4 Å². The SMILES string of the molecule is CC(C)CP(=O)(O)OP(=O)(O)OC[C@H]1O[C@@H](n2ccc(=O)[nH]c2=O)C2OC(Cc3ccccc3)O[C@H]21. The smallest absolute Gasteiger partial charge is 0.346 e. The number of ether oxygens (including phenoxy) is 3. The molecule has 0 saturated carbocycles. The zero-order valence-electron chi connectivity index (χ0n) is 19.5. The predicted molar refractivity (Wildman–Crippen MR) is 125 cm³/mol. The van der Waals surface area contributed by atoms with E-state index in [1.807, 2.05) is 30.3 Å². The Hall–Kier alpha value is -1.92. The van der Waals surface area contributed by atoms with Gasteiger partial charge in [-0.1, -0.05) is 44.2 Å². The highest BCUT2D eigenvalue weighted by molar-refractivity contribution is 7.64. The summed E-state index contributed by atoms with van der Waals surface area (Å²) < 4.78 is 53.0. The van der Waals surface area contributed by atoms with Gasteiger partial charge in [0.1, 0.15) is 18.3 Å². The maximum Gasteiger partial charge on any atom is 0.479 e. The van der Waals surface area contributed by atoms with Gasteiger partial charge in [0.25, 0.3) is 5.56 Å². The van der Waals surface area contributed by atoms with E-state index in [1.54, 1.807) is 13.8 Å². The number of nitrogens with zero attached hydrogens (tertiary/aromatic N) is 1. The molecular weight excluding hydrogens is 518 g/mol. The Kier molecular flexibility index (Phi) is 8.16. The molecule has 4 rings (SSSR count). The van der Waals surface area contributed by atoms with E-state index in [4.69, 9.17) is 18.7 Å². The topological polar surface area (TPSA) is 176 Å². The summed E-state index contributed by atoms with van der Waals surface area (Å²) in [5.41, 5.74) is -0.399. The van der Waals surface area contributed by atoms with E-state index in [0.29, 0.717) is 6.42 Å². The van der Waals surface area contributed by atoms with E-state index < -0.39 is 64.1 Å². The highest BCUT2D eigenvalue weighted by Crippen LogP contribution is 2.60. The van der Waals surface area contributed by atoms with Crippen molar-refractivity contribution in [2.24, 2.45) is 5.92 Å². The molecule has 2 aliphatic heterocycles. The average Bonchev–Trinajstić information content (AvgIpc) is 3.30. The van der Waals surface area contributed by atoms with Crippen LogP contribution in [0.2, 0.25) is 0 Å². The second-order valence-electron chi connectivity index (χ2n) is 8.96. The Morgan fingerprint density at radius 1 is 1.06 bits per heavy atom. The normalized spacial score (nSPS) is 29.1. The van der Waals surface area contributed by atoms with Gasteiger partial charge in [-0.3, -0.25) is 23.4 Å². The molecule has 13 nitrogen and oxygen atoms in total. The van der Waals surface area contributed by atoms with E-state index in [2.05, 4.69) is 9.29 Å². The van der Waals surface area contributed by atoms with Gasteiger partial charge < -0.3 is 24.0 Å². The van der Waals surface area contributed by atoms with Crippen LogP contribution in [-0.2, 0) is 38.6 Å². The van der Waals surface area contributed by atoms with Crippen molar-refractivity contribution >= 4 is 15.4 Å². The molecule has 198 valence electrons. The lowest BCUT2D eigenvalue weighted by Crippen LogP contribution is -2.36. The van der Waals surface area contributed by atoms with Crippen molar-refractivity contribution < 1.29 is 42.0 Å². The van der Waals surface area contributed by atoms with Crippen LogP contribution < -0.4 is 11.2 Å². The maximum absolute atomic E-state index is 12.4. The van der Waals surface area contributed by atoms with Gasteiger partial charge in [-0.15, -0.1) is 0 Å². The lowest BCUT2D eigenvalue weighted by Gasteiger charge is -2.22. The third-order valence-corrected chi connectivity index (χ3v) is 9.02. The minimum absolute atomic E-state index is 0.262. The maximum atomic E-state index is 12.4. The average molecular weight is 546 g/mol. The van der Waals surface area contributed by atoms with Gasteiger partial charge in [-0.25, -0.2) is 13.7 Å². The molecule has 1 aromatic carbocycles. The Morgan fingerprint density at radius 3 is 2.42 bits per heavy atom. The molecule has 2 saturated heterocycles. The molecule has 3 N–H and O–H groups in total.